The highest BCUT2D eigenvalue weighted by atomic mass is 32.1. The standard InChI is InChI=1S/C14H12N2O2S/c15-8-11-5-6-19-13(11)10-3-1-9(2-4-10)7-12(16)14(17)18/h1-6,12H,7,16H2,(H,17,18)/t12-/m0/s1. The molecule has 0 unspecified atom stereocenters. The number of carboxylic acids is 1. The number of nitriles is 1. The molecule has 4 nitrogen and oxygen atoms in total. The van der Waals surface area contributed by atoms with Crippen LogP contribution in [0.3, 0.4) is 0 Å². The van der Waals surface area contributed by atoms with E-state index in [9.17, 15) is 4.79 Å². The molecule has 3 N–H and O–H groups in total. The first-order chi connectivity index (χ1) is 9.11. The summed E-state index contributed by atoms with van der Waals surface area (Å²) >= 11 is 1.51. The minimum atomic E-state index is -1.01. The second-order valence-corrected chi connectivity index (χ2v) is 5.04. The van der Waals surface area contributed by atoms with Crippen molar-refractivity contribution in [1.29, 1.82) is 5.26 Å². The quantitative estimate of drug-likeness (QED) is 0.893. The third-order valence-corrected chi connectivity index (χ3v) is 3.74. The van der Waals surface area contributed by atoms with Crippen LogP contribution in [0.4, 0.5) is 0 Å². The SMILES string of the molecule is N#Cc1ccsc1-c1ccc(C[C@H](N)C(=O)O)cc1. The molecule has 1 aromatic heterocycles. The van der Waals surface area contributed by atoms with Crippen LogP contribution in [0.5, 0.6) is 0 Å². The van der Waals surface area contributed by atoms with Gasteiger partial charge in [0.25, 0.3) is 0 Å². The lowest BCUT2D eigenvalue weighted by Crippen LogP contribution is -2.32. The first-order valence-electron chi connectivity index (χ1n) is 5.67. The lowest BCUT2D eigenvalue weighted by molar-refractivity contribution is -0.138. The number of rotatable bonds is 4. The van der Waals surface area contributed by atoms with Crippen LogP contribution >= 0.6 is 11.3 Å². The Morgan fingerprint density at radius 1 is 1.37 bits per heavy atom. The van der Waals surface area contributed by atoms with Crippen molar-refractivity contribution in [3.8, 4) is 16.5 Å². The normalized spacial score (nSPS) is 11.8. The summed E-state index contributed by atoms with van der Waals surface area (Å²) in [7, 11) is 0. The maximum absolute atomic E-state index is 10.7. The number of carboxylic acid groups (broad SMARTS) is 1. The fourth-order valence-corrected chi connectivity index (χ4v) is 2.61. The van der Waals surface area contributed by atoms with Crippen molar-refractivity contribution in [2.45, 2.75) is 12.5 Å². The maximum Gasteiger partial charge on any atom is 0.320 e. The van der Waals surface area contributed by atoms with Gasteiger partial charge >= 0.3 is 5.97 Å². The zero-order valence-electron chi connectivity index (χ0n) is 10.0. The summed E-state index contributed by atoms with van der Waals surface area (Å²) in [6.45, 7) is 0. The molecule has 0 aliphatic rings. The minimum Gasteiger partial charge on any atom is -0.480 e. The topological polar surface area (TPSA) is 87.1 Å². The Balaban J connectivity index is 2.20. The van der Waals surface area contributed by atoms with Gasteiger partial charge in [0.05, 0.1) is 10.4 Å². The van der Waals surface area contributed by atoms with E-state index in [1.54, 1.807) is 6.07 Å². The Morgan fingerprint density at radius 2 is 2.05 bits per heavy atom. The van der Waals surface area contributed by atoms with Gasteiger partial charge in [-0.3, -0.25) is 4.79 Å². The second kappa shape index (κ2) is 5.65. The molecule has 0 fully saturated rings. The first kappa shape index (κ1) is 13.3. The third kappa shape index (κ3) is 2.99. The predicted octanol–water partition coefficient (Wildman–Crippen LogP) is 2.24. The van der Waals surface area contributed by atoms with Gasteiger partial charge in [0.1, 0.15) is 12.1 Å². The molecule has 19 heavy (non-hydrogen) atoms. The van der Waals surface area contributed by atoms with Gasteiger partial charge in [-0.1, -0.05) is 24.3 Å². The fraction of sp³-hybridized carbons (Fsp3) is 0.143. The van der Waals surface area contributed by atoms with Crippen molar-refractivity contribution in [2.24, 2.45) is 5.73 Å². The summed E-state index contributed by atoms with van der Waals surface area (Å²) in [6, 6.07) is 10.5. The van der Waals surface area contributed by atoms with Crippen molar-refractivity contribution in [2.75, 3.05) is 0 Å². The Labute approximate surface area is 114 Å². The zero-order chi connectivity index (χ0) is 13.8. The molecule has 0 radical (unpaired) electrons. The van der Waals surface area contributed by atoms with Crippen LogP contribution < -0.4 is 5.73 Å². The molecule has 0 amide bonds. The van der Waals surface area contributed by atoms with E-state index in [4.69, 9.17) is 16.1 Å². The third-order valence-electron chi connectivity index (χ3n) is 2.77. The van der Waals surface area contributed by atoms with Crippen LogP contribution in [0.1, 0.15) is 11.1 Å². The molecule has 1 atom stereocenters. The summed E-state index contributed by atoms with van der Waals surface area (Å²) < 4.78 is 0. The minimum absolute atomic E-state index is 0.297. The Bertz CT molecular complexity index is 626. The molecular formula is C14H12N2O2S. The van der Waals surface area contributed by atoms with Gasteiger partial charge in [-0.25, -0.2) is 0 Å². The van der Waals surface area contributed by atoms with Crippen LogP contribution in [0.15, 0.2) is 35.7 Å². The molecule has 96 valence electrons. The van der Waals surface area contributed by atoms with E-state index in [1.165, 1.54) is 11.3 Å². The van der Waals surface area contributed by atoms with Crippen molar-refractivity contribution in [3.63, 3.8) is 0 Å². The smallest absolute Gasteiger partial charge is 0.320 e. The Hall–Kier alpha value is -2.16. The van der Waals surface area contributed by atoms with E-state index in [0.717, 1.165) is 16.0 Å². The highest BCUT2D eigenvalue weighted by molar-refractivity contribution is 7.13. The van der Waals surface area contributed by atoms with Crippen molar-refractivity contribution < 1.29 is 9.90 Å². The molecule has 0 saturated heterocycles. The van der Waals surface area contributed by atoms with Gasteiger partial charge in [-0.2, -0.15) is 5.26 Å². The number of benzene rings is 1. The van der Waals surface area contributed by atoms with Gasteiger partial charge < -0.3 is 10.8 Å². The summed E-state index contributed by atoms with van der Waals surface area (Å²) in [6.07, 6.45) is 0.297. The van der Waals surface area contributed by atoms with Crippen LogP contribution in [0.2, 0.25) is 0 Å². The zero-order valence-corrected chi connectivity index (χ0v) is 10.9. The van der Waals surface area contributed by atoms with E-state index in [-0.39, 0.29) is 0 Å². The van der Waals surface area contributed by atoms with Crippen LogP contribution in [0, 0.1) is 11.3 Å². The first-order valence-corrected chi connectivity index (χ1v) is 6.55. The molecular weight excluding hydrogens is 260 g/mol. The number of hydrogen-bond donors (Lipinski definition) is 2. The molecule has 0 bridgehead atoms. The maximum atomic E-state index is 10.7. The van der Waals surface area contributed by atoms with Crippen LogP contribution in [-0.2, 0) is 11.2 Å². The number of carbonyl (C=O) groups is 1. The molecule has 5 heteroatoms. The van der Waals surface area contributed by atoms with Gasteiger partial charge in [0.15, 0.2) is 0 Å². The molecule has 0 saturated carbocycles. The average Bonchev–Trinajstić information content (AvgIpc) is 2.87. The number of aliphatic carboxylic acids is 1. The van der Waals surface area contributed by atoms with Crippen LogP contribution in [0.25, 0.3) is 10.4 Å². The van der Waals surface area contributed by atoms with Crippen molar-refractivity contribution >= 4 is 17.3 Å². The van der Waals surface area contributed by atoms with Gasteiger partial charge in [-0.15, -0.1) is 11.3 Å². The number of hydrogen-bond acceptors (Lipinski definition) is 4. The molecule has 2 aromatic rings. The van der Waals surface area contributed by atoms with Crippen LogP contribution in [-0.4, -0.2) is 17.1 Å². The van der Waals surface area contributed by atoms with Gasteiger partial charge in [-0.05, 0) is 29.0 Å². The fourth-order valence-electron chi connectivity index (χ4n) is 1.75. The molecule has 1 aromatic carbocycles. The second-order valence-electron chi connectivity index (χ2n) is 4.12. The summed E-state index contributed by atoms with van der Waals surface area (Å²) in [5.41, 5.74) is 7.97. The molecule has 1 heterocycles. The summed E-state index contributed by atoms with van der Waals surface area (Å²) in [4.78, 5) is 11.6. The highest BCUT2D eigenvalue weighted by Gasteiger charge is 2.12. The number of nitrogens with two attached hydrogens (primary N) is 1. The largest absolute Gasteiger partial charge is 0.480 e. The predicted molar refractivity (Wildman–Crippen MR) is 73.8 cm³/mol. The van der Waals surface area contributed by atoms with E-state index in [1.807, 2.05) is 29.6 Å². The lowest BCUT2D eigenvalue weighted by Gasteiger charge is -2.07. The highest BCUT2D eigenvalue weighted by Crippen LogP contribution is 2.29. The van der Waals surface area contributed by atoms with E-state index in [2.05, 4.69) is 6.07 Å². The molecule has 0 aliphatic carbocycles. The van der Waals surface area contributed by atoms with Crippen molar-refractivity contribution in [1.82, 2.24) is 0 Å². The van der Waals surface area contributed by atoms with Crippen molar-refractivity contribution in [3.05, 3.63) is 46.8 Å². The average molecular weight is 272 g/mol. The summed E-state index contributed by atoms with van der Waals surface area (Å²) in [5.74, 6) is -1.01. The Morgan fingerprint density at radius 3 is 2.63 bits per heavy atom. The Kier molecular flexibility index (Phi) is 3.95. The lowest BCUT2D eigenvalue weighted by atomic mass is 10.0. The van der Waals surface area contributed by atoms with Gasteiger partial charge in [0, 0.05) is 0 Å². The summed E-state index contributed by atoms with van der Waals surface area (Å²) in [5, 5.41) is 19.6. The van der Waals surface area contributed by atoms with E-state index in [0.29, 0.717) is 12.0 Å². The monoisotopic (exact) mass is 272 g/mol. The van der Waals surface area contributed by atoms with E-state index >= 15 is 0 Å². The molecule has 0 aliphatic heterocycles. The molecule has 0 spiro atoms. The molecule has 2 rings (SSSR count). The van der Waals surface area contributed by atoms with Gasteiger partial charge in [0.2, 0.25) is 0 Å². The number of nitrogens with zero attached hydrogens (tertiary/aromatic N) is 1. The number of thiophene rings is 1. The van der Waals surface area contributed by atoms with E-state index < -0.39 is 12.0 Å².